The zero-order chi connectivity index (χ0) is 15.8. The lowest BCUT2D eigenvalue weighted by Gasteiger charge is -2.08. The Bertz CT molecular complexity index is 886. The van der Waals surface area contributed by atoms with E-state index in [2.05, 4.69) is 0 Å². The third-order valence-corrected chi connectivity index (χ3v) is 5.79. The van der Waals surface area contributed by atoms with Crippen LogP contribution >= 0.6 is 0 Å². The van der Waals surface area contributed by atoms with Crippen molar-refractivity contribution in [2.24, 2.45) is 5.14 Å². The van der Waals surface area contributed by atoms with Crippen LogP contribution < -0.4 is 10.9 Å². The van der Waals surface area contributed by atoms with E-state index in [9.17, 15) is 16.8 Å². The average molecular weight is 326 g/mol. The van der Waals surface area contributed by atoms with Crippen molar-refractivity contribution in [3.05, 3.63) is 48.0 Å². The molecule has 0 radical (unpaired) electrons. The molecule has 0 aromatic heterocycles. The number of primary sulfonamides is 1. The number of anilines is 1. The molecule has 6 nitrogen and oxygen atoms in total. The second-order valence-electron chi connectivity index (χ2n) is 4.54. The second-order valence-corrected chi connectivity index (χ2v) is 8.02. The number of benzene rings is 2. The molecule has 4 N–H and O–H groups in total. The van der Waals surface area contributed by atoms with E-state index in [1.165, 1.54) is 49.4 Å². The van der Waals surface area contributed by atoms with E-state index in [4.69, 9.17) is 10.9 Å². The zero-order valence-electron chi connectivity index (χ0n) is 11.1. The molecule has 21 heavy (non-hydrogen) atoms. The summed E-state index contributed by atoms with van der Waals surface area (Å²) in [6.45, 7) is 1.49. The number of nitrogens with two attached hydrogens (primary N) is 2. The van der Waals surface area contributed by atoms with Gasteiger partial charge in [0.2, 0.25) is 19.9 Å². The van der Waals surface area contributed by atoms with Crippen molar-refractivity contribution in [1.82, 2.24) is 0 Å². The topological polar surface area (TPSA) is 120 Å². The maximum Gasteiger partial charge on any atom is 0.238 e. The van der Waals surface area contributed by atoms with Crippen LogP contribution in [0.5, 0.6) is 0 Å². The highest BCUT2D eigenvalue weighted by Crippen LogP contribution is 2.25. The van der Waals surface area contributed by atoms with Gasteiger partial charge in [-0.15, -0.1) is 0 Å². The number of sulfone groups is 1. The number of sulfonamides is 1. The summed E-state index contributed by atoms with van der Waals surface area (Å²) in [5.41, 5.74) is 6.25. The third-order valence-electron chi connectivity index (χ3n) is 2.95. The maximum atomic E-state index is 12.4. The Morgan fingerprint density at radius 2 is 1.38 bits per heavy atom. The first kappa shape index (κ1) is 15.5. The number of nitrogen functional groups attached to an aromatic ring is 1. The van der Waals surface area contributed by atoms with E-state index in [1.807, 2.05) is 0 Å². The van der Waals surface area contributed by atoms with E-state index >= 15 is 0 Å². The Morgan fingerprint density at radius 3 is 1.86 bits per heavy atom. The molecule has 0 spiro atoms. The van der Waals surface area contributed by atoms with Crippen LogP contribution in [0.15, 0.2) is 57.2 Å². The molecular weight excluding hydrogens is 312 g/mol. The minimum atomic E-state index is -3.88. The number of hydrogen-bond acceptors (Lipinski definition) is 5. The van der Waals surface area contributed by atoms with Gasteiger partial charge in [-0.25, -0.2) is 22.0 Å². The lowest BCUT2D eigenvalue weighted by molar-refractivity contribution is 0.592. The van der Waals surface area contributed by atoms with Crippen LogP contribution in [0.2, 0.25) is 0 Å². The van der Waals surface area contributed by atoms with Crippen LogP contribution in [0.3, 0.4) is 0 Å². The van der Waals surface area contributed by atoms with Crippen molar-refractivity contribution < 1.29 is 16.8 Å². The molecule has 0 bridgehead atoms. The molecule has 0 amide bonds. The van der Waals surface area contributed by atoms with Gasteiger partial charge in [0.1, 0.15) is 0 Å². The summed E-state index contributed by atoms with van der Waals surface area (Å²) in [4.78, 5) is -0.0182. The molecule has 2 aromatic rings. The summed E-state index contributed by atoms with van der Waals surface area (Å²) >= 11 is 0. The number of hydrogen-bond donors (Lipinski definition) is 2. The number of aryl methyl sites for hydroxylation is 1. The molecule has 0 aliphatic rings. The largest absolute Gasteiger partial charge is 0.399 e. The molecule has 112 valence electrons. The van der Waals surface area contributed by atoms with Gasteiger partial charge < -0.3 is 5.73 Å². The summed E-state index contributed by atoms with van der Waals surface area (Å²) < 4.78 is 47.5. The van der Waals surface area contributed by atoms with Gasteiger partial charge >= 0.3 is 0 Å². The van der Waals surface area contributed by atoms with Gasteiger partial charge in [-0.2, -0.15) is 0 Å². The lowest BCUT2D eigenvalue weighted by atomic mass is 10.2. The van der Waals surface area contributed by atoms with Gasteiger partial charge in [-0.05, 0) is 55.0 Å². The van der Waals surface area contributed by atoms with Crippen LogP contribution in [0.25, 0.3) is 0 Å². The molecule has 0 aliphatic heterocycles. The summed E-state index contributed by atoms with van der Waals surface area (Å²) in [5.74, 6) is 0. The van der Waals surface area contributed by atoms with Crippen LogP contribution in [-0.2, 0) is 19.9 Å². The van der Waals surface area contributed by atoms with Gasteiger partial charge in [0.25, 0.3) is 0 Å². The minimum absolute atomic E-state index is 0.00262. The standard InChI is InChI=1S/C13H14N2O4S2/c1-9-8-12(6-7-13(9)21(15,18)19)20(16,17)11-4-2-10(14)3-5-11/h2-8H,14H2,1H3,(H2,15,18,19). The van der Waals surface area contributed by atoms with Gasteiger partial charge in [0, 0.05) is 5.69 Å². The molecule has 2 aromatic carbocycles. The summed E-state index contributed by atoms with van der Waals surface area (Å²) in [7, 11) is -7.61. The average Bonchev–Trinajstić information content (AvgIpc) is 2.37. The monoisotopic (exact) mass is 326 g/mol. The van der Waals surface area contributed by atoms with E-state index in [0.717, 1.165) is 0 Å². The molecule has 8 heteroatoms. The smallest absolute Gasteiger partial charge is 0.238 e. The Hall–Kier alpha value is -1.90. The molecule has 0 heterocycles. The van der Waals surface area contributed by atoms with Gasteiger partial charge in [-0.3, -0.25) is 0 Å². The fraction of sp³-hybridized carbons (Fsp3) is 0.0769. The van der Waals surface area contributed by atoms with Gasteiger partial charge in [0.05, 0.1) is 14.7 Å². The van der Waals surface area contributed by atoms with Crippen molar-refractivity contribution in [2.45, 2.75) is 21.6 Å². The molecule has 0 fully saturated rings. The van der Waals surface area contributed by atoms with Gasteiger partial charge in [-0.1, -0.05) is 0 Å². The van der Waals surface area contributed by atoms with Crippen molar-refractivity contribution in [3.63, 3.8) is 0 Å². The highest BCUT2D eigenvalue weighted by atomic mass is 32.2. The molecule has 0 saturated carbocycles. The van der Waals surface area contributed by atoms with E-state index < -0.39 is 19.9 Å². The third kappa shape index (κ3) is 3.07. The number of rotatable bonds is 3. The van der Waals surface area contributed by atoms with E-state index in [-0.39, 0.29) is 20.2 Å². The van der Waals surface area contributed by atoms with Crippen LogP contribution in [-0.4, -0.2) is 16.8 Å². The Morgan fingerprint density at radius 1 is 0.857 bits per heavy atom. The molecule has 0 saturated heterocycles. The zero-order valence-corrected chi connectivity index (χ0v) is 12.8. The quantitative estimate of drug-likeness (QED) is 0.817. The van der Waals surface area contributed by atoms with Crippen molar-refractivity contribution in [3.8, 4) is 0 Å². The van der Waals surface area contributed by atoms with Crippen LogP contribution in [0.4, 0.5) is 5.69 Å². The Labute approximate surface area is 123 Å². The maximum absolute atomic E-state index is 12.4. The summed E-state index contributed by atoms with van der Waals surface area (Å²) in [6.07, 6.45) is 0. The first-order valence-electron chi connectivity index (χ1n) is 5.86. The first-order valence-corrected chi connectivity index (χ1v) is 8.89. The Balaban J connectivity index is 2.57. The van der Waals surface area contributed by atoms with Crippen LogP contribution in [0.1, 0.15) is 5.56 Å². The lowest BCUT2D eigenvalue weighted by Crippen LogP contribution is -2.14. The summed E-state index contributed by atoms with van der Waals surface area (Å²) in [5, 5.41) is 5.05. The second kappa shape index (κ2) is 5.14. The summed E-state index contributed by atoms with van der Waals surface area (Å²) in [6, 6.07) is 9.46. The Kier molecular flexibility index (Phi) is 3.79. The molecule has 0 aliphatic carbocycles. The van der Waals surface area contributed by atoms with Crippen molar-refractivity contribution >= 4 is 25.5 Å². The molecule has 0 atom stereocenters. The van der Waals surface area contributed by atoms with E-state index in [1.54, 1.807) is 0 Å². The van der Waals surface area contributed by atoms with E-state index in [0.29, 0.717) is 5.69 Å². The highest BCUT2D eigenvalue weighted by molar-refractivity contribution is 7.91. The SMILES string of the molecule is Cc1cc(S(=O)(=O)c2ccc(N)cc2)ccc1S(N)(=O)=O. The fourth-order valence-corrected chi connectivity index (χ4v) is 4.00. The fourth-order valence-electron chi connectivity index (χ4n) is 1.89. The predicted octanol–water partition coefficient (Wildman–Crippen LogP) is 1.06. The normalized spacial score (nSPS) is 12.3. The van der Waals surface area contributed by atoms with Gasteiger partial charge in [0.15, 0.2) is 0 Å². The molecular formula is C13H14N2O4S2. The highest BCUT2D eigenvalue weighted by Gasteiger charge is 2.20. The predicted molar refractivity (Wildman–Crippen MR) is 78.9 cm³/mol. The van der Waals surface area contributed by atoms with Crippen molar-refractivity contribution in [1.29, 1.82) is 0 Å². The minimum Gasteiger partial charge on any atom is -0.399 e. The first-order chi connectivity index (χ1) is 9.62. The molecule has 2 rings (SSSR count). The van der Waals surface area contributed by atoms with Crippen molar-refractivity contribution in [2.75, 3.05) is 5.73 Å². The van der Waals surface area contributed by atoms with Crippen LogP contribution in [0, 0.1) is 6.92 Å². The molecule has 0 unspecified atom stereocenters.